The first-order valence-electron chi connectivity index (χ1n) is 5.20. The quantitative estimate of drug-likeness (QED) is 0.862. The molecule has 94 valence electrons. The van der Waals surface area contributed by atoms with E-state index in [4.69, 9.17) is 23.2 Å². The normalized spacial score (nSPS) is 20.9. The van der Waals surface area contributed by atoms with Crippen molar-refractivity contribution >= 4 is 55.8 Å². The zero-order valence-corrected chi connectivity index (χ0v) is 11.2. The second kappa shape index (κ2) is 4.05. The molecule has 1 atom stereocenters. The van der Waals surface area contributed by atoms with Gasteiger partial charge in [0.25, 0.3) is 0 Å². The molecule has 1 aromatic heterocycles. The van der Waals surface area contributed by atoms with Gasteiger partial charge in [0, 0.05) is 0 Å². The molecule has 18 heavy (non-hydrogen) atoms. The van der Waals surface area contributed by atoms with Gasteiger partial charge in [-0.2, -0.15) is 0 Å². The van der Waals surface area contributed by atoms with Crippen LogP contribution >= 0.6 is 34.5 Å². The number of rotatable bonds is 2. The maximum atomic E-state index is 13.0. The number of alkyl halides is 2. The van der Waals surface area contributed by atoms with Crippen molar-refractivity contribution in [3.05, 3.63) is 24.0 Å². The minimum atomic E-state index is -0.952. The zero-order chi connectivity index (χ0) is 12.9. The molecular formula is C11H7Cl2FN2OS. The van der Waals surface area contributed by atoms with Crippen LogP contribution in [0, 0.1) is 11.7 Å². The lowest BCUT2D eigenvalue weighted by molar-refractivity contribution is -0.117. The van der Waals surface area contributed by atoms with Gasteiger partial charge in [0.05, 0.1) is 16.1 Å². The summed E-state index contributed by atoms with van der Waals surface area (Å²) in [7, 11) is 0. The number of carbonyl (C=O) groups is 1. The highest BCUT2D eigenvalue weighted by Crippen LogP contribution is 2.53. The molecule has 1 fully saturated rings. The summed E-state index contributed by atoms with van der Waals surface area (Å²) in [6.07, 6.45) is 0.446. The summed E-state index contributed by atoms with van der Waals surface area (Å²) in [5, 5.41) is 3.07. The number of hydrogen-bond acceptors (Lipinski definition) is 3. The van der Waals surface area contributed by atoms with Crippen LogP contribution < -0.4 is 5.32 Å². The highest BCUT2D eigenvalue weighted by atomic mass is 35.5. The molecule has 3 nitrogen and oxygen atoms in total. The first-order valence-corrected chi connectivity index (χ1v) is 6.78. The van der Waals surface area contributed by atoms with Crippen molar-refractivity contribution < 1.29 is 9.18 Å². The number of carbonyl (C=O) groups excluding carboxylic acids is 1. The molecule has 1 unspecified atom stereocenters. The number of amides is 1. The first-order chi connectivity index (χ1) is 8.45. The highest BCUT2D eigenvalue weighted by molar-refractivity contribution is 7.22. The number of fused-ring (bicyclic) bond motifs is 1. The fourth-order valence-electron chi connectivity index (χ4n) is 1.64. The van der Waals surface area contributed by atoms with E-state index in [2.05, 4.69) is 10.3 Å². The number of halogens is 3. The molecule has 0 bridgehead atoms. The van der Waals surface area contributed by atoms with Gasteiger partial charge in [0.15, 0.2) is 5.13 Å². The molecule has 0 saturated heterocycles. The van der Waals surface area contributed by atoms with E-state index in [1.807, 2.05) is 0 Å². The average molecular weight is 305 g/mol. The summed E-state index contributed by atoms with van der Waals surface area (Å²) < 4.78 is 12.7. The van der Waals surface area contributed by atoms with Crippen molar-refractivity contribution in [3.8, 4) is 0 Å². The van der Waals surface area contributed by atoms with Crippen LogP contribution in [0.4, 0.5) is 9.52 Å². The van der Waals surface area contributed by atoms with E-state index in [1.54, 1.807) is 6.07 Å². The van der Waals surface area contributed by atoms with Gasteiger partial charge in [0.1, 0.15) is 10.2 Å². The van der Waals surface area contributed by atoms with Crippen LogP contribution in [0.2, 0.25) is 0 Å². The lowest BCUT2D eigenvalue weighted by Crippen LogP contribution is -2.16. The Morgan fingerprint density at radius 2 is 2.28 bits per heavy atom. The van der Waals surface area contributed by atoms with Gasteiger partial charge in [-0.3, -0.25) is 4.79 Å². The number of benzene rings is 1. The van der Waals surface area contributed by atoms with Crippen LogP contribution in [-0.4, -0.2) is 15.2 Å². The average Bonchev–Trinajstić information content (AvgIpc) is 2.76. The predicted octanol–water partition coefficient (Wildman–Crippen LogP) is 3.57. The summed E-state index contributed by atoms with van der Waals surface area (Å²) >= 11 is 12.8. The number of anilines is 1. The molecule has 1 amide bonds. The maximum Gasteiger partial charge on any atom is 0.232 e. The molecule has 1 saturated carbocycles. The van der Waals surface area contributed by atoms with Crippen molar-refractivity contribution in [3.63, 3.8) is 0 Å². The number of nitrogens with one attached hydrogen (secondary N) is 1. The van der Waals surface area contributed by atoms with Gasteiger partial charge >= 0.3 is 0 Å². The van der Waals surface area contributed by atoms with Crippen LogP contribution in [0.15, 0.2) is 18.2 Å². The van der Waals surface area contributed by atoms with Crippen molar-refractivity contribution in [1.82, 2.24) is 4.98 Å². The lowest BCUT2D eigenvalue weighted by Gasteiger charge is -2.00. The lowest BCUT2D eigenvalue weighted by atomic mass is 10.3. The number of hydrogen-bond donors (Lipinski definition) is 1. The number of nitrogens with zero attached hydrogens (tertiary/aromatic N) is 1. The van der Waals surface area contributed by atoms with Gasteiger partial charge in [-0.05, 0) is 24.6 Å². The summed E-state index contributed by atoms with van der Waals surface area (Å²) in [6.45, 7) is 0. The topological polar surface area (TPSA) is 42.0 Å². The standard InChI is InChI=1S/C11H7Cl2FN2OS/c12-11(13)4-6(11)9(17)16-10-15-7-2-1-5(14)3-8(7)18-10/h1-3,6H,4H2,(H,15,16,17). The Morgan fingerprint density at radius 3 is 2.94 bits per heavy atom. The van der Waals surface area contributed by atoms with Crippen molar-refractivity contribution in [2.45, 2.75) is 10.8 Å². The van der Waals surface area contributed by atoms with Gasteiger partial charge in [0.2, 0.25) is 5.91 Å². The third-order valence-electron chi connectivity index (χ3n) is 2.72. The smallest absolute Gasteiger partial charge is 0.232 e. The molecule has 2 aromatic rings. The Morgan fingerprint density at radius 1 is 1.56 bits per heavy atom. The summed E-state index contributed by atoms with van der Waals surface area (Å²) in [4.78, 5) is 15.9. The second-order valence-corrected chi connectivity index (χ2v) is 6.71. The van der Waals surface area contributed by atoms with Crippen molar-refractivity contribution in [2.24, 2.45) is 5.92 Å². The third kappa shape index (κ3) is 2.18. The molecule has 3 rings (SSSR count). The molecular weight excluding hydrogens is 298 g/mol. The van der Waals surface area contributed by atoms with Crippen LogP contribution in [0.5, 0.6) is 0 Å². The van der Waals surface area contributed by atoms with Crippen LogP contribution in [0.1, 0.15) is 6.42 Å². The highest BCUT2D eigenvalue weighted by Gasteiger charge is 2.56. The van der Waals surface area contributed by atoms with E-state index >= 15 is 0 Å². The van der Waals surface area contributed by atoms with Crippen LogP contribution in [-0.2, 0) is 4.79 Å². The van der Waals surface area contributed by atoms with E-state index in [0.29, 0.717) is 21.8 Å². The molecule has 1 aliphatic carbocycles. The van der Waals surface area contributed by atoms with E-state index < -0.39 is 10.3 Å². The number of thiazole rings is 1. The van der Waals surface area contributed by atoms with Crippen molar-refractivity contribution in [2.75, 3.05) is 5.32 Å². The van der Waals surface area contributed by atoms with Gasteiger partial charge in [-0.1, -0.05) is 11.3 Å². The molecule has 1 aliphatic rings. The predicted molar refractivity (Wildman–Crippen MR) is 70.8 cm³/mol. The maximum absolute atomic E-state index is 13.0. The SMILES string of the molecule is O=C(Nc1nc2ccc(F)cc2s1)C1CC1(Cl)Cl. The molecule has 1 aromatic carbocycles. The fourth-order valence-corrected chi connectivity index (χ4v) is 3.04. The zero-order valence-electron chi connectivity index (χ0n) is 8.91. The van der Waals surface area contributed by atoms with E-state index in [-0.39, 0.29) is 11.7 Å². The summed E-state index contributed by atoms with van der Waals surface area (Å²) in [5.41, 5.74) is 0.649. The Kier molecular flexibility index (Phi) is 2.73. The monoisotopic (exact) mass is 304 g/mol. The van der Waals surface area contributed by atoms with E-state index in [9.17, 15) is 9.18 Å². The third-order valence-corrected chi connectivity index (χ3v) is 4.49. The first kappa shape index (κ1) is 12.1. The Bertz CT molecular complexity index is 643. The van der Waals surface area contributed by atoms with Gasteiger partial charge in [-0.25, -0.2) is 9.37 Å². The van der Waals surface area contributed by atoms with E-state index in [1.165, 1.54) is 23.5 Å². The molecule has 1 heterocycles. The minimum Gasteiger partial charge on any atom is -0.302 e. The number of aromatic nitrogens is 1. The Hall–Kier alpha value is -0.910. The van der Waals surface area contributed by atoms with Crippen molar-refractivity contribution in [1.29, 1.82) is 0 Å². The fraction of sp³-hybridized carbons (Fsp3) is 0.273. The van der Waals surface area contributed by atoms with Gasteiger partial charge in [-0.15, -0.1) is 23.2 Å². The summed E-state index contributed by atoms with van der Waals surface area (Å²) in [5.74, 6) is -0.976. The van der Waals surface area contributed by atoms with Gasteiger partial charge < -0.3 is 5.32 Å². The molecule has 0 spiro atoms. The van der Waals surface area contributed by atoms with Crippen LogP contribution in [0.3, 0.4) is 0 Å². The summed E-state index contributed by atoms with van der Waals surface area (Å²) in [6, 6.07) is 4.28. The van der Waals surface area contributed by atoms with E-state index in [0.717, 1.165) is 0 Å². The molecule has 0 aliphatic heterocycles. The Labute approximate surface area is 116 Å². The molecule has 0 radical (unpaired) electrons. The van der Waals surface area contributed by atoms with Crippen LogP contribution in [0.25, 0.3) is 10.2 Å². The second-order valence-electron chi connectivity index (χ2n) is 4.14. The molecule has 1 N–H and O–H groups in total. The minimum absolute atomic E-state index is 0.250. The largest absolute Gasteiger partial charge is 0.302 e. The molecule has 7 heteroatoms. The Balaban J connectivity index is 1.81.